The van der Waals surface area contributed by atoms with Crippen LogP contribution in [0.2, 0.25) is 0 Å². The van der Waals surface area contributed by atoms with Gasteiger partial charge in [0.25, 0.3) is 0 Å². The number of nitrogens with zero attached hydrogens (tertiary/aromatic N) is 1. The Morgan fingerprint density at radius 1 is 1.67 bits per heavy atom. The summed E-state index contributed by atoms with van der Waals surface area (Å²) in [4.78, 5) is 15.8. The number of rotatable bonds is 5. The molecule has 0 radical (unpaired) electrons. The van der Waals surface area contributed by atoms with Crippen LogP contribution in [0, 0.1) is 0 Å². The van der Waals surface area contributed by atoms with Gasteiger partial charge in [0.15, 0.2) is 5.69 Å². The molecule has 2 atom stereocenters. The van der Waals surface area contributed by atoms with Crippen molar-refractivity contribution in [1.29, 1.82) is 0 Å². The lowest BCUT2D eigenvalue weighted by Gasteiger charge is -2.13. The zero-order valence-electron chi connectivity index (χ0n) is 10.6. The van der Waals surface area contributed by atoms with Crippen LogP contribution in [-0.4, -0.2) is 35.1 Å². The fourth-order valence-corrected chi connectivity index (χ4v) is 3.71. The largest absolute Gasteiger partial charge is 0.461 e. The number of anilines is 1. The Labute approximate surface area is 116 Å². The van der Waals surface area contributed by atoms with Crippen LogP contribution in [0.4, 0.5) is 5.00 Å². The summed E-state index contributed by atoms with van der Waals surface area (Å²) in [5.41, 5.74) is 2.12. The Kier molecular flexibility index (Phi) is 4.88. The number of carbonyl (C=O) groups is 1. The first kappa shape index (κ1) is 13.7. The smallest absolute Gasteiger partial charge is 0.360 e. The molecule has 2 rings (SSSR count). The number of carbonyl (C=O) groups excluding carboxylic acids is 1. The van der Waals surface area contributed by atoms with Gasteiger partial charge in [-0.25, -0.2) is 9.78 Å². The minimum Gasteiger partial charge on any atom is -0.461 e. The Balaban J connectivity index is 1.98. The van der Waals surface area contributed by atoms with Crippen LogP contribution < -0.4 is 5.32 Å². The van der Waals surface area contributed by atoms with Gasteiger partial charge in [0.2, 0.25) is 0 Å². The molecule has 1 aliphatic carbocycles. The van der Waals surface area contributed by atoms with Crippen molar-refractivity contribution in [2.75, 3.05) is 18.2 Å². The second-order valence-electron chi connectivity index (χ2n) is 4.26. The molecule has 0 bridgehead atoms. The van der Waals surface area contributed by atoms with E-state index < -0.39 is 0 Å². The molecule has 0 amide bonds. The Morgan fingerprint density at radius 2 is 2.50 bits per heavy atom. The van der Waals surface area contributed by atoms with Crippen LogP contribution in [0.1, 0.15) is 36.7 Å². The summed E-state index contributed by atoms with van der Waals surface area (Å²) in [6.45, 7) is 2.19. The van der Waals surface area contributed by atoms with Gasteiger partial charge in [0.1, 0.15) is 5.00 Å². The third-order valence-corrected chi connectivity index (χ3v) is 4.94. The first-order chi connectivity index (χ1) is 8.74. The van der Waals surface area contributed by atoms with E-state index in [0.29, 0.717) is 18.3 Å². The average molecular weight is 286 g/mol. The number of hydrogen-bond acceptors (Lipinski definition) is 6. The molecule has 0 spiro atoms. The second-order valence-corrected chi connectivity index (χ2v) is 6.26. The van der Waals surface area contributed by atoms with E-state index in [1.54, 1.807) is 12.4 Å². The number of hydrogen-bond donors (Lipinski definition) is 1. The molecule has 1 aromatic heterocycles. The maximum Gasteiger partial charge on any atom is 0.360 e. The molecular formula is C12H18N2O2S2. The number of ether oxygens (including phenoxy) is 1. The first-order valence-electron chi connectivity index (χ1n) is 6.14. The maximum atomic E-state index is 11.7. The molecule has 2 unspecified atom stereocenters. The van der Waals surface area contributed by atoms with Crippen LogP contribution >= 0.6 is 23.1 Å². The van der Waals surface area contributed by atoms with Gasteiger partial charge in [0, 0.05) is 11.3 Å². The SMILES string of the molecule is CCOC(=O)c1ncsc1NC1CCC(SC)C1. The van der Waals surface area contributed by atoms with Crippen molar-refractivity contribution in [2.45, 2.75) is 37.5 Å². The average Bonchev–Trinajstić information content (AvgIpc) is 2.99. The Morgan fingerprint density at radius 3 is 3.17 bits per heavy atom. The van der Waals surface area contributed by atoms with Crippen LogP contribution in [-0.2, 0) is 4.74 Å². The van der Waals surface area contributed by atoms with Crippen LogP contribution in [0.15, 0.2) is 5.51 Å². The lowest BCUT2D eigenvalue weighted by molar-refractivity contribution is 0.0521. The quantitative estimate of drug-likeness (QED) is 0.843. The van der Waals surface area contributed by atoms with Crippen molar-refractivity contribution in [2.24, 2.45) is 0 Å². The van der Waals surface area contributed by atoms with Crippen molar-refractivity contribution in [3.63, 3.8) is 0 Å². The molecule has 1 heterocycles. The van der Waals surface area contributed by atoms with Gasteiger partial charge in [-0.3, -0.25) is 0 Å². The topological polar surface area (TPSA) is 51.2 Å². The molecule has 4 nitrogen and oxygen atoms in total. The van der Waals surface area contributed by atoms with Gasteiger partial charge < -0.3 is 10.1 Å². The standard InChI is InChI=1S/C12H18N2O2S2/c1-3-16-12(15)10-11(18-7-13-10)14-8-4-5-9(6-8)17-2/h7-9,14H,3-6H2,1-2H3. The second kappa shape index (κ2) is 6.43. The van der Waals surface area contributed by atoms with Gasteiger partial charge in [-0.1, -0.05) is 0 Å². The highest BCUT2D eigenvalue weighted by atomic mass is 32.2. The number of esters is 1. The highest BCUT2D eigenvalue weighted by molar-refractivity contribution is 7.99. The van der Waals surface area contributed by atoms with E-state index in [1.165, 1.54) is 17.8 Å². The normalized spacial score (nSPS) is 23.0. The van der Waals surface area contributed by atoms with Crippen molar-refractivity contribution in [3.8, 4) is 0 Å². The summed E-state index contributed by atoms with van der Waals surface area (Å²) in [5, 5.41) is 5.02. The minimum absolute atomic E-state index is 0.333. The van der Waals surface area contributed by atoms with Crippen molar-refractivity contribution in [1.82, 2.24) is 4.98 Å². The predicted octanol–water partition coefficient (Wildman–Crippen LogP) is 3.02. The van der Waals surface area contributed by atoms with Gasteiger partial charge in [-0.05, 0) is 32.4 Å². The van der Waals surface area contributed by atoms with Gasteiger partial charge in [-0.2, -0.15) is 11.8 Å². The summed E-state index contributed by atoms with van der Waals surface area (Å²) in [6.07, 6.45) is 5.71. The monoisotopic (exact) mass is 286 g/mol. The summed E-state index contributed by atoms with van der Waals surface area (Å²) < 4.78 is 4.99. The maximum absolute atomic E-state index is 11.7. The van der Waals surface area contributed by atoms with Crippen LogP contribution in [0.25, 0.3) is 0 Å². The molecule has 18 heavy (non-hydrogen) atoms. The molecule has 0 saturated heterocycles. The highest BCUT2D eigenvalue weighted by Crippen LogP contribution is 2.32. The van der Waals surface area contributed by atoms with E-state index >= 15 is 0 Å². The predicted molar refractivity (Wildman–Crippen MR) is 76.6 cm³/mol. The zero-order chi connectivity index (χ0) is 13.0. The molecule has 1 aromatic rings. The summed E-state index contributed by atoms with van der Waals surface area (Å²) in [7, 11) is 0. The summed E-state index contributed by atoms with van der Waals surface area (Å²) in [5.74, 6) is -0.333. The van der Waals surface area contributed by atoms with E-state index in [-0.39, 0.29) is 5.97 Å². The van der Waals surface area contributed by atoms with E-state index in [1.807, 2.05) is 11.8 Å². The lowest BCUT2D eigenvalue weighted by atomic mass is 10.2. The van der Waals surface area contributed by atoms with Gasteiger partial charge in [-0.15, -0.1) is 11.3 Å². The highest BCUT2D eigenvalue weighted by Gasteiger charge is 2.26. The fraction of sp³-hybridized carbons (Fsp3) is 0.667. The van der Waals surface area contributed by atoms with E-state index in [2.05, 4.69) is 16.6 Å². The fourth-order valence-electron chi connectivity index (χ4n) is 2.16. The molecule has 0 aliphatic heterocycles. The van der Waals surface area contributed by atoms with E-state index in [9.17, 15) is 4.79 Å². The summed E-state index contributed by atoms with van der Waals surface area (Å²) in [6, 6.07) is 0.455. The molecular weight excluding hydrogens is 268 g/mol. The first-order valence-corrected chi connectivity index (χ1v) is 8.31. The summed E-state index contributed by atoms with van der Waals surface area (Å²) >= 11 is 3.39. The number of thioether (sulfide) groups is 1. The van der Waals surface area contributed by atoms with Crippen molar-refractivity contribution >= 4 is 34.1 Å². The molecule has 6 heteroatoms. The van der Waals surface area contributed by atoms with E-state index in [4.69, 9.17) is 4.74 Å². The van der Waals surface area contributed by atoms with Gasteiger partial charge in [0.05, 0.1) is 12.1 Å². The molecule has 1 fully saturated rings. The number of thiazole rings is 1. The van der Waals surface area contributed by atoms with Crippen molar-refractivity contribution < 1.29 is 9.53 Å². The third kappa shape index (κ3) is 3.17. The van der Waals surface area contributed by atoms with Crippen LogP contribution in [0.5, 0.6) is 0 Å². The Bertz CT molecular complexity index is 409. The van der Waals surface area contributed by atoms with Crippen molar-refractivity contribution in [3.05, 3.63) is 11.2 Å². The molecule has 0 aromatic carbocycles. The van der Waals surface area contributed by atoms with Crippen LogP contribution in [0.3, 0.4) is 0 Å². The zero-order valence-corrected chi connectivity index (χ0v) is 12.3. The molecule has 1 aliphatic rings. The molecule has 1 saturated carbocycles. The third-order valence-electron chi connectivity index (χ3n) is 3.09. The van der Waals surface area contributed by atoms with Gasteiger partial charge >= 0.3 is 5.97 Å². The minimum atomic E-state index is -0.333. The Hall–Kier alpha value is -0.750. The van der Waals surface area contributed by atoms with E-state index in [0.717, 1.165) is 23.1 Å². The number of nitrogens with one attached hydrogen (secondary N) is 1. The molecule has 100 valence electrons. The molecule has 1 N–H and O–H groups in total. The lowest BCUT2D eigenvalue weighted by Crippen LogP contribution is -2.17. The number of aromatic nitrogens is 1.